The average molecular weight is 291 g/mol. The third kappa shape index (κ3) is 2.17. The lowest BCUT2D eigenvalue weighted by Gasteiger charge is -2.11. The molecule has 0 aliphatic heterocycles. The second-order valence-electron chi connectivity index (χ2n) is 5.82. The highest BCUT2D eigenvalue weighted by Crippen LogP contribution is 2.31. The first-order chi connectivity index (χ1) is 10.7. The van der Waals surface area contributed by atoms with Crippen LogP contribution in [0.3, 0.4) is 0 Å². The number of nitrogens with zero attached hydrogens (tertiary/aromatic N) is 2. The highest BCUT2D eigenvalue weighted by Gasteiger charge is 2.25. The first-order valence-electron chi connectivity index (χ1n) is 7.54. The maximum absolute atomic E-state index is 12.5. The molecular weight excluding hydrogens is 274 g/mol. The van der Waals surface area contributed by atoms with Crippen LogP contribution in [-0.4, -0.2) is 21.5 Å². The number of carbonyl (C=O) groups is 1. The Balaban J connectivity index is 1.86. The van der Waals surface area contributed by atoms with E-state index in [4.69, 9.17) is 0 Å². The minimum Gasteiger partial charge on any atom is -0.349 e. The summed E-state index contributed by atoms with van der Waals surface area (Å²) in [6, 6.07) is 12.2. The van der Waals surface area contributed by atoms with Gasteiger partial charge in [-0.3, -0.25) is 4.79 Å². The Hall–Kier alpha value is -2.62. The fraction of sp³-hybridized carbons (Fsp3) is 0.222. The zero-order chi connectivity index (χ0) is 15.1. The molecule has 110 valence electrons. The van der Waals surface area contributed by atoms with Crippen molar-refractivity contribution in [1.29, 1.82) is 0 Å². The number of nitrogens with one attached hydrogen (secondary N) is 1. The largest absolute Gasteiger partial charge is 0.349 e. The van der Waals surface area contributed by atoms with Crippen molar-refractivity contribution < 1.29 is 4.79 Å². The summed E-state index contributed by atoms with van der Waals surface area (Å²) in [7, 11) is 1.98. The van der Waals surface area contributed by atoms with E-state index in [9.17, 15) is 4.79 Å². The van der Waals surface area contributed by atoms with Crippen LogP contribution >= 0.6 is 0 Å². The molecule has 1 saturated carbocycles. The standard InChI is InChI=1S/C18H17N3O/c1-21-11-9-15-14(8-10-19-17(15)21)13-4-2-3-5-16(13)18(22)20-12-6-7-12/h2-5,8-12H,6-7H2,1H3,(H,20,22). The number of amides is 1. The van der Waals surface area contributed by atoms with Crippen LogP contribution in [0, 0.1) is 0 Å². The molecule has 1 aromatic carbocycles. The zero-order valence-corrected chi connectivity index (χ0v) is 12.4. The molecule has 0 spiro atoms. The second kappa shape index (κ2) is 4.98. The third-order valence-electron chi connectivity index (χ3n) is 4.14. The number of pyridine rings is 1. The van der Waals surface area contributed by atoms with E-state index < -0.39 is 0 Å². The lowest BCUT2D eigenvalue weighted by atomic mass is 9.98. The topological polar surface area (TPSA) is 46.9 Å². The molecule has 3 aromatic rings. The first kappa shape index (κ1) is 13.1. The van der Waals surface area contributed by atoms with Crippen molar-refractivity contribution in [2.75, 3.05) is 0 Å². The van der Waals surface area contributed by atoms with Gasteiger partial charge in [0.2, 0.25) is 0 Å². The van der Waals surface area contributed by atoms with E-state index in [1.54, 1.807) is 6.20 Å². The maximum atomic E-state index is 12.5. The monoisotopic (exact) mass is 291 g/mol. The molecule has 0 bridgehead atoms. The summed E-state index contributed by atoms with van der Waals surface area (Å²) in [5, 5.41) is 4.14. The molecule has 1 fully saturated rings. The van der Waals surface area contributed by atoms with Crippen LogP contribution in [-0.2, 0) is 7.05 Å². The van der Waals surface area contributed by atoms with E-state index in [0.717, 1.165) is 40.6 Å². The summed E-state index contributed by atoms with van der Waals surface area (Å²) in [6.07, 6.45) is 5.97. The Labute approximate surface area is 128 Å². The van der Waals surface area contributed by atoms with Gasteiger partial charge in [0, 0.05) is 36.4 Å². The van der Waals surface area contributed by atoms with Crippen molar-refractivity contribution in [1.82, 2.24) is 14.9 Å². The zero-order valence-electron chi connectivity index (χ0n) is 12.4. The quantitative estimate of drug-likeness (QED) is 0.806. The molecule has 1 N–H and O–H groups in total. The van der Waals surface area contributed by atoms with Crippen LogP contribution in [0.5, 0.6) is 0 Å². The number of hydrogen-bond donors (Lipinski definition) is 1. The normalized spacial score (nSPS) is 14.2. The van der Waals surface area contributed by atoms with Crippen LogP contribution in [0.1, 0.15) is 23.2 Å². The van der Waals surface area contributed by atoms with Gasteiger partial charge in [0.05, 0.1) is 0 Å². The number of rotatable bonds is 3. The highest BCUT2D eigenvalue weighted by molar-refractivity contribution is 6.05. The van der Waals surface area contributed by atoms with Gasteiger partial charge in [-0.15, -0.1) is 0 Å². The van der Waals surface area contributed by atoms with Gasteiger partial charge >= 0.3 is 0 Å². The second-order valence-corrected chi connectivity index (χ2v) is 5.82. The summed E-state index contributed by atoms with van der Waals surface area (Å²) in [5.41, 5.74) is 3.66. The number of carbonyl (C=O) groups excluding carboxylic acids is 1. The third-order valence-corrected chi connectivity index (χ3v) is 4.14. The van der Waals surface area contributed by atoms with Crippen LogP contribution in [0.2, 0.25) is 0 Å². The van der Waals surface area contributed by atoms with Crippen LogP contribution in [0.4, 0.5) is 0 Å². The summed E-state index contributed by atoms with van der Waals surface area (Å²) in [6.45, 7) is 0. The van der Waals surface area contributed by atoms with Gasteiger partial charge in [-0.05, 0) is 42.2 Å². The molecule has 22 heavy (non-hydrogen) atoms. The molecule has 4 heteroatoms. The molecule has 0 atom stereocenters. The fourth-order valence-electron chi connectivity index (χ4n) is 2.81. The molecule has 1 aliphatic rings. The minimum atomic E-state index is 0.0130. The summed E-state index contributed by atoms with van der Waals surface area (Å²) in [4.78, 5) is 16.9. The lowest BCUT2D eigenvalue weighted by Crippen LogP contribution is -2.25. The predicted molar refractivity (Wildman–Crippen MR) is 86.6 cm³/mol. The molecule has 0 radical (unpaired) electrons. The van der Waals surface area contributed by atoms with Crippen molar-refractivity contribution in [3.05, 3.63) is 54.4 Å². The molecule has 2 aromatic heterocycles. The lowest BCUT2D eigenvalue weighted by molar-refractivity contribution is 0.0951. The van der Waals surface area contributed by atoms with Crippen LogP contribution in [0.15, 0.2) is 48.8 Å². The first-order valence-corrected chi connectivity index (χ1v) is 7.54. The summed E-state index contributed by atoms with van der Waals surface area (Å²) >= 11 is 0. The van der Waals surface area contributed by atoms with Gasteiger partial charge in [-0.2, -0.15) is 0 Å². The predicted octanol–water partition coefficient (Wildman–Crippen LogP) is 3.13. The van der Waals surface area contributed by atoms with Crippen molar-refractivity contribution in [3.8, 4) is 11.1 Å². The Morgan fingerprint density at radius 1 is 1.18 bits per heavy atom. The van der Waals surface area contributed by atoms with E-state index >= 15 is 0 Å². The average Bonchev–Trinajstić information content (AvgIpc) is 3.28. The van der Waals surface area contributed by atoms with Crippen LogP contribution < -0.4 is 5.32 Å². The van der Waals surface area contributed by atoms with Crippen molar-refractivity contribution in [3.63, 3.8) is 0 Å². The van der Waals surface area contributed by atoms with E-state index in [0.29, 0.717) is 6.04 Å². The molecule has 0 saturated heterocycles. The number of aryl methyl sites for hydroxylation is 1. The Morgan fingerprint density at radius 3 is 2.82 bits per heavy atom. The number of benzene rings is 1. The van der Waals surface area contributed by atoms with E-state index in [-0.39, 0.29) is 5.91 Å². The number of hydrogen-bond acceptors (Lipinski definition) is 2. The molecule has 4 nitrogen and oxygen atoms in total. The molecular formula is C18H17N3O. The Kier molecular flexibility index (Phi) is 2.96. The van der Waals surface area contributed by atoms with Gasteiger partial charge in [0.1, 0.15) is 5.65 Å². The highest BCUT2D eigenvalue weighted by atomic mass is 16.1. The smallest absolute Gasteiger partial charge is 0.252 e. The number of aromatic nitrogens is 2. The van der Waals surface area contributed by atoms with Gasteiger partial charge in [0.25, 0.3) is 5.91 Å². The SMILES string of the molecule is Cn1ccc2c(-c3ccccc3C(=O)NC3CC3)ccnc21. The molecule has 0 unspecified atom stereocenters. The summed E-state index contributed by atoms with van der Waals surface area (Å²) < 4.78 is 1.99. The van der Waals surface area contributed by atoms with Crippen molar-refractivity contribution >= 4 is 16.9 Å². The Morgan fingerprint density at radius 2 is 2.00 bits per heavy atom. The molecule has 1 aliphatic carbocycles. The Bertz CT molecular complexity index is 862. The minimum absolute atomic E-state index is 0.0130. The molecule has 1 amide bonds. The van der Waals surface area contributed by atoms with Gasteiger partial charge in [-0.1, -0.05) is 18.2 Å². The summed E-state index contributed by atoms with van der Waals surface area (Å²) in [5.74, 6) is 0.0130. The maximum Gasteiger partial charge on any atom is 0.252 e. The van der Waals surface area contributed by atoms with E-state index in [2.05, 4.69) is 10.3 Å². The van der Waals surface area contributed by atoms with Gasteiger partial charge in [0.15, 0.2) is 0 Å². The van der Waals surface area contributed by atoms with Crippen molar-refractivity contribution in [2.45, 2.75) is 18.9 Å². The van der Waals surface area contributed by atoms with E-state index in [1.165, 1.54) is 0 Å². The van der Waals surface area contributed by atoms with Crippen molar-refractivity contribution in [2.24, 2.45) is 7.05 Å². The van der Waals surface area contributed by atoms with E-state index in [1.807, 2.05) is 54.2 Å². The molecule has 4 rings (SSSR count). The number of fused-ring (bicyclic) bond motifs is 1. The van der Waals surface area contributed by atoms with Crippen LogP contribution in [0.25, 0.3) is 22.2 Å². The molecule has 2 heterocycles. The fourth-order valence-corrected chi connectivity index (χ4v) is 2.81. The van der Waals surface area contributed by atoms with Gasteiger partial charge in [-0.25, -0.2) is 4.98 Å². The van der Waals surface area contributed by atoms with Gasteiger partial charge < -0.3 is 9.88 Å².